The topological polar surface area (TPSA) is 230 Å². The minimum absolute atomic E-state index is 0.129. The third kappa shape index (κ3) is 9.04. The van der Waals surface area contributed by atoms with Crippen molar-refractivity contribution in [3.63, 3.8) is 0 Å². The second-order valence-electron chi connectivity index (χ2n) is 6.29. The zero-order valence-electron chi connectivity index (χ0n) is 15.4. The average molecular weight is 493 g/mol. The normalized spacial score (nSPS) is 23.7. The third-order valence-corrected chi connectivity index (χ3v) is 7.73. The first-order chi connectivity index (χ1) is 13.7. The molecule has 0 aliphatic carbocycles. The average Bonchev–Trinajstić information content (AvgIpc) is 2.98. The summed E-state index contributed by atoms with van der Waals surface area (Å²) in [4.78, 5) is 50.7. The number of aromatic nitrogens is 2. The van der Waals surface area contributed by atoms with Crippen molar-refractivity contribution >= 4 is 29.3 Å². The summed E-state index contributed by atoms with van der Waals surface area (Å²) < 4.78 is 52.3. The van der Waals surface area contributed by atoms with Crippen LogP contribution in [0.15, 0.2) is 17.1 Å². The van der Waals surface area contributed by atoms with Crippen molar-refractivity contribution in [1.82, 2.24) is 9.55 Å². The van der Waals surface area contributed by atoms with Crippen LogP contribution in [-0.2, 0) is 38.1 Å². The van der Waals surface area contributed by atoms with Gasteiger partial charge in [-0.1, -0.05) is 0 Å². The predicted octanol–water partition coefficient (Wildman–Crippen LogP) is 0.497. The first-order valence-electron chi connectivity index (χ1n) is 8.51. The van der Waals surface area contributed by atoms with E-state index in [1.54, 1.807) is 0 Å². The van der Waals surface area contributed by atoms with Gasteiger partial charge < -0.3 is 30.0 Å². The van der Waals surface area contributed by atoms with Gasteiger partial charge in [-0.25, -0.2) is 18.5 Å². The van der Waals surface area contributed by atoms with E-state index < -0.39 is 35.8 Å². The van der Waals surface area contributed by atoms with Gasteiger partial charge in [-0.15, -0.1) is 0 Å². The zero-order chi connectivity index (χ0) is 22.6. The summed E-state index contributed by atoms with van der Waals surface area (Å²) in [5.41, 5.74) is 4.95. The van der Waals surface area contributed by atoms with E-state index in [1.807, 2.05) is 0 Å². The van der Waals surface area contributed by atoms with Crippen LogP contribution in [0.1, 0.15) is 25.7 Å². The smallest absolute Gasteiger partial charge is 0.383 e. The van der Waals surface area contributed by atoms with Crippen molar-refractivity contribution in [2.24, 2.45) is 0 Å². The number of hydrogen-bond acceptors (Lipinski definition) is 10. The Morgan fingerprint density at radius 1 is 1.10 bits per heavy atom. The van der Waals surface area contributed by atoms with Gasteiger partial charge in [-0.2, -0.15) is 13.6 Å². The van der Waals surface area contributed by atoms with Gasteiger partial charge in [0.05, 0.1) is 18.8 Å². The molecule has 0 saturated carbocycles. The van der Waals surface area contributed by atoms with Crippen LogP contribution >= 0.6 is 23.5 Å². The highest BCUT2D eigenvalue weighted by atomic mass is 31.3. The molecular formula is C12H22N3O12P3. The van der Waals surface area contributed by atoms with Crippen LogP contribution in [0.25, 0.3) is 0 Å². The molecule has 0 amide bonds. The van der Waals surface area contributed by atoms with Crippen LogP contribution in [0.5, 0.6) is 0 Å². The number of rotatable bonds is 11. The molecule has 1 aliphatic heterocycles. The molecule has 1 fully saturated rings. The van der Waals surface area contributed by atoms with Crippen LogP contribution in [0.3, 0.4) is 0 Å². The molecule has 2 heterocycles. The van der Waals surface area contributed by atoms with Gasteiger partial charge in [-0.3, -0.25) is 9.09 Å². The quantitative estimate of drug-likeness (QED) is 0.264. The number of nitrogens with zero attached hydrogens (tertiary/aromatic N) is 2. The van der Waals surface area contributed by atoms with Crippen molar-refractivity contribution in [3.8, 4) is 0 Å². The molecule has 2 rings (SSSR count). The van der Waals surface area contributed by atoms with Crippen LogP contribution in [0.4, 0.5) is 5.82 Å². The maximum absolute atomic E-state index is 11.7. The van der Waals surface area contributed by atoms with Crippen molar-refractivity contribution in [2.75, 3.05) is 12.3 Å². The van der Waals surface area contributed by atoms with Crippen molar-refractivity contribution < 1.29 is 51.2 Å². The van der Waals surface area contributed by atoms with E-state index in [2.05, 4.69) is 18.1 Å². The molecule has 0 radical (unpaired) electrons. The number of ether oxygens (including phenoxy) is 1. The molecule has 0 spiro atoms. The van der Waals surface area contributed by atoms with Crippen molar-refractivity contribution in [3.05, 3.63) is 22.7 Å². The fourth-order valence-corrected chi connectivity index (χ4v) is 5.73. The molecule has 1 aromatic rings. The molecule has 18 heteroatoms. The highest BCUT2D eigenvalue weighted by Crippen LogP contribution is 2.66. The van der Waals surface area contributed by atoms with E-state index in [-0.39, 0.29) is 24.4 Å². The number of nitrogens with two attached hydrogens (primary N) is 1. The van der Waals surface area contributed by atoms with E-state index in [9.17, 15) is 23.4 Å². The summed E-state index contributed by atoms with van der Waals surface area (Å²) in [7, 11) is -16.1. The largest absolute Gasteiger partial charge is 0.490 e. The number of hydrogen-bond donors (Lipinski definition) is 5. The summed E-state index contributed by atoms with van der Waals surface area (Å²) in [6, 6.07) is 1.50. The molecule has 0 aromatic carbocycles. The zero-order valence-corrected chi connectivity index (χ0v) is 18.1. The first kappa shape index (κ1) is 25.3. The first-order valence-corrected chi connectivity index (χ1v) is 13.0. The summed E-state index contributed by atoms with van der Waals surface area (Å²) in [5.74, 6) is 0.129. The molecule has 30 heavy (non-hydrogen) atoms. The third-order valence-electron chi connectivity index (χ3n) is 3.89. The molecule has 4 unspecified atom stereocenters. The predicted molar refractivity (Wildman–Crippen MR) is 99.9 cm³/mol. The number of anilines is 1. The lowest BCUT2D eigenvalue weighted by Crippen LogP contribution is -2.25. The van der Waals surface area contributed by atoms with Crippen LogP contribution in [0.2, 0.25) is 0 Å². The van der Waals surface area contributed by atoms with Gasteiger partial charge in [-0.05, 0) is 31.7 Å². The van der Waals surface area contributed by atoms with E-state index >= 15 is 0 Å². The van der Waals surface area contributed by atoms with E-state index in [4.69, 9.17) is 25.2 Å². The van der Waals surface area contributed by atoms with E-state index in [0.717, 1.165) is 0 Å². The highest BCUT2D eigenvalue weighted by Gasteiger charge is 2.40. The van der Waals surface area contributed by atoms with E-state index in [0.29, 0.717) is 25.8 Å². The standard InChI is InChI=1S/C12H22N3O12P3/c13-11-4-7-15(12(16)14-11)6-3-9-1-2-10(25-9)5-8-24-29(20,21)27-30(22,23)26-28(17,18)19/h4,7,9-10H,1-3,5-6,8H2,(H,20,21)(H,22,23)(H2,13,14,16)(H2,17,18,19). The van der Waals surface area contributed by atoms with Gasteiger partial charge in [0.15, 0.2) is 0 Å². The van der Waals surface area contributed by atoms with Crippen molar-refractivity contribution in [2.45, 2.75) is 44.4 Å². The molecule has 6 N–H and O–H groups in total. The molecule has 172 valence electrons. The Labute approximate surface area is 170 Å². The van der Waals surface area contributed by atoms with Crippen LogP contribution in [-0.4, -0.2) is 47.9 Å². The molecule has 0 bridgehead atoms. The molecule has 1 aliphatic rings. The molecule has 1 aromatic heterocycles. The van der Waals surface area contributed by atoms with Gasteiger partial charge >= 0.3 is 29.2 Å². The molecular weight excluding hydrogens is 471 g/mol. The number of phosphoric acid groups is 3. The number of aryl methyl sites for hydroxylation is 1. The van der Waals surface area contributed by atoms with E-state index in [1.165, 1.54) is 16.8 Å². The Balaban J connectivity index is 1.73. The Bertz CT molecular complexity index is 933. The summed E-state index contributed by atoms with van der Waals surface area (Å²) >= 11 is 0. The van der Waals surface area contributed by atoms with Gasteiger partial charge in [0, 0.05) is 12.7 Å². The minimum Gasteiger partial charge on any atom is -0.383 e. The Kier molecular flexibility index (Phi) is 8.53. The Morgan fingerprint density at radius 3 is 2.33 bits per heavy atom. The fraction of sp³-hybridized carbons (Fsp3) is 0.667. The number of phosphoric ester groups is 1. The second-order valence-corrected chi connectivity index (χ2v) is 10.7. The summed E-state index contributed by atoms with van der Waals surface area (Å²) in [6.45, 7) is -0.0343. The lowest BCUT2D eigenvalue weighted by atomic mass is 10.1. The van der Waals surface area contributed by atoms with Crippen molar-refractivity contribution in [1.29, 1.82) is 0 Å². The molecule has 1 saturated heterocycles. The lowest BCUT2D eigenvalue weighted by molar-refractivity contribution is 0.0248. The Hall–Kier alpha value is -0.950. The second kappa shape index (κ2) is 10.1. The summed E-state index contributed by atoms with van der Waals surface area (Å²) in [5, 5.41) is 0. The highest BCUT2D eigenvalue weighted by molar-refractivity contribution is 7.66. The number of nitrogen functional groups attached to an aromatic ring is 1. The van der Waals surface area contributed by atoms with Crippen LogP contribution < -0.4 is 11.4 Å². The maximum atomic E-state index is 11.7. The monoisotopic (exact) mass is 493 g/mol. The van der Waals surface area contributed by atoms with Gasteiger partial charge in [0.1, 0.15) is 5.82 Å². The minimum atomic E-state index is -5.53. The molecule has 4 atom stereocenters. The van der Waals surface area contributed by atoms with Gasteiger partial charge in [0.25, 0.3) is 0 Å². The lowest BCUT2D eigenvalue weighted by Gasteiger charge is -2.17. The summed E-state index contributed by atoms with van der Waals surface area (Å²) in [6.07, 6.45) is 2.99. The maximum Gasteiger partial charge on any atom is 0.490 e. The fourth-order valence-electron chi connectivity index (χ4n) is 2.70. The molecule has 15 nitrogen and oxygen atoms in total. The van der Waals surface area contributed by atoms with Crippen LogP contribution in [0, 0.1) is 0 Å². The SMILES string of the molecule is Nc1ccn(CCC2CCC(CCOP(=O)(O)OP(=O)(O)OP(=O)(O)O)O2)c(=O)n1. The Morgan fingerprint density at radius 2 is 1.73 bits per heavy atom. The van der Waals surface area contributed by atoms with Gasteiger partial charge in [0.2, 0.25) is 0 Å².